The van der Waals surface area contributed by atoms with E-state index in [0.29, 0.717) is 18.4 Å². The Morgan fingerprint density at radius 2 is 1.78 bits per heavy atom. The molecule has 0 atom stereocenters. The van der Waals surface area contributed by atoms with E-state index >= 15 is 0 Å². The third kappa shape index (κ3) is 3.60. The average molecular weight is 253 g/mol. The third-order valence-corrected chi connectivity index (χ3v) is 3.38. The molecule has 1 heterocycles. The van der Waals surface area contributed by atoms with Gasteiger partial charge in [-0.3, -0.25) is 4.79 Å². The molecule has 4 heteroatoms. The minimum Gasteiger partial charge on any atom is -0.317 e. The normalized spacial score (nSPS) is 16.8. The van der Waals surface area contributed by atoms with E-state index in [2.05, 4.69) is 5.32 Å². The Morgan fingerprint density at radius 1 is 1.17 bits per heavy atom. The van der Waals surface area contributed by atoms with Gasteiger partial charge in [-0.1, -0.05) is 0 Å². The van der Waals surface area contributed by atoms with Crippen molar-refractivity contribution >= 4 is 5.78 Å². The number of hydrogen-bond acceptors (Lipinski definition) is 2. The highest BCUT2D eigenvalue weighted by molar-refractivity contribution is 5.81. The quantitative estimate of drug-likeness (QED) is 0.893. The molecule has 0 radical (unpaired) electrons. The average Bonchev–Trinajstić information content (AvgIpc) is 2.36. The lowest BCUT2D eigenvalue weighted by molar-refractivity contribution is -0.123. The molecule has 98 valence electrons. The van der Waals surface area contributed by atoms with E-state index in [4.69, 9.17) is 0 Å². The Hall–Kier alpha value is -1.29. The van der Waals surface area contributed by atoms with Gasteiger partial charge in [-0.15, -0.1) is 0 Å². The molecule has 1 aliphatic rings. The highest BCUT2D eigenvalue weighted by Crippen LogP contribution is 2.17. The van der Waals surface area contributed by atoms with Crippen LogP contribution in [0, 0.1) is 17.6 Å². The van der Waals surface area contributed by atoms with Crippen molar-refractivity contribution in [2.75, 3.05) is 13.1 Å². The van der Waals surface area contributed by atoms with E-state index in [9.17, 15) is 13.6 Å². The standard InChI is InChI=1S/C14H17F2NO/c15-12-7-10(8-13(16)9-12)1-2-14(18)11-3-5-17-6-4-11/h7-9,11,17H,1-6H2. The van der Waals surface area contributed by atoms with Crippen molar-refractivity contribution < 1.29 is 13.6 Å². The van der Waals surface area contributed by atoms with Crippen LogP contribution in [-0.2, 0) is 11.2 Å². The number of benzene rings is 1. The molecule has 1 aromatic carbocycles. The van der Waals surface area contributed by atoms with Gasteiger partial charge in [-0.05, 0) is 50.0 Å². The van der Waals surface area contributed by atoms with E-state index in [1.54, 1.807) is 0 Å². The molecule has 1 aromatic rings. The van der Waals surface area contributed by atoms with Gasteiger partial charge in [0, 0.05) is 18.4 Å². The summed E-state index contributed by atoms with van der Waals surface area (Å²) in [4.78, 5) is 11.9. The SMILES string of the molecule is O=C(CCc1cc(F)cc(F)c1)C1CCNCC1. The highest BCUT2D eigenvalue weighted by atomic mass is 19.1. The second-order valence-electron chi connectivity index (χ2n) is 4.77. The van der Waals surface area contributed by atoms with E-state index in [0.717, 1.165) is 32.0 Å². The number of carbonyl (C=O) groups excluding carboxylic acids is 1. The number of hydrogen-bond donors (Lipinski definition) is 1. The maximum absolute atomic E-state index is 13.0. The Labute approximate surface area is 105 Å². The van der Waals surface area contributed by atoms with Crippen molar-refractivity contribution in [3.05, 3.63) is 35.4 Å². The van der Waals surface area contributed by atoms with Crippen LogP contribution in [0.2, 0.25) is 0 Å². The van der Waals surface area contributed by atoms with Gasteiger partial charge in [0.2, 0.25) is 0 Å². The number of piperidine rings is 1. The van der Waals surface area contributed by atoms with Crippen LogP contribution in [0.25, 0.3) is 0 Å². The largest absolute Gasteiger partial charge is 0.317 e. The lowest BCUT2D eigenvalue weighted by Gasteiger charge is -2.21. The summed E-state index contributed by atoms with van der Waals surface area (Å²) in [5, 5.41) is 3.21. The predicted molar refractivity (Wildman–Crippen MR) is 65.3 cm³/mol. The van der Waals surface area contributed by atoms with E-state index in [1.807, 2.05) is 0 Å². The number of aryl methyl sites for hydroxylation is 1. The molecule has 0 amide bonds. The first-order valence-electron chi connectivity index (χ1n) is 6.33. The van der Waals surface area contributed by atoms with Crippen molar-refractivity contribution in [1.82, 2.24) is 5.32 Å². The Bertz CT molecular complexity index is 408. The molecular formula is C14H17F2NO. The molecule has 1 aliphatic heterocycles. The van der Waals surface area contributed by atoms with Gasteiger partial charge >= 0.3 is 0 Å². The van der Waals surface area contributed by atoms with Gasteiger partial charge in [-0.25, -0.2) is 8.78 Å². The molecule has 1 saturated heterocycles. The Balaban J connectivity index is 1.88. The first-order chi connectivity index (χ1) is 8.65. The van der Waals surface area contributed by atoms with Crippen LogP contribution in [0.4, 0.5) is 8.78 Å². The number of rotatable bonds is 4. The monoisotopic (exact) mass is 253 g/mol. The molecule has 0 aromatic heterocycles. The summed E-state index contributed by atoms with van der Waals surface area (Å²) in [6.07, 6.45) is 2.53. The number of carbonyl (C=O) groups is 1. The molecule has 2 nitrogen and oxygen atoms in total. The summed E-state index contributed by atoms with van der Waals surface area (Å²) in [7, 11) is 0. The van der Waals surface area contributed by atoms with Crippen LogP contribution in [0.5, 0.6) is 0 Å². The van der Waals surface area contributed by atoms with Gasteiger partial charge in [-0.2, -0.15) is 0 Å². The zero-order valence-corrected chi connectivity index (χ0v) is 10.2. The van der Waals surface area contributed by atoms with E-state index in [-0.39, 0.29) is 11.7 Å². The predicted octanol–water partition coefficient (Wildman–Crippen LogP) is 2.47. The topological polar surface area (TPSA) is 29.1 Å². The first-order valence-corrected chi connectivity index (χ1v) is 6.33. The van der Waals surface area contributed by atoms with Crippen molar-refractivity contribution in [3.63, 3.8) is 0 Å². The van der Waals surface area contributed by atoms with Gasteiger partial charge in [0.1, 0.15) is 17.4 Å². The maximum Gasteiger partial charge on any atom is 0.136 e. The van der Waals surface area contributed by atoms with Gasteiger partial charge < -0.3 is 5.32 Å². The maximum atomic E-state index is 13.0. The fourth-order valence-corrected chi connectivity index (χ4v) is 2.37. The number of Topliss-reactive ketones (excluding diaryl/α,β-unsaturated/α-hetero) is 1. The van der Waals surface area contributed by atoms with Crippen LogP contribution in [-0.4, -0.2) is 18.9 Å². The van der Waals surface area contributed by atoms with Crippen LogP contribution < -0.4 is 5.32 Å². The van der Waals surface area contributed by atoms with Crippen LogP contribution in [0.3, 0.4) is 0 Å². The first kappa shape index (κ1) is 13.1. The van der Waals surface area contributed by atoms with Gasteiger partial charge in [0.15, 0.2) is 0 Å². The summed E-state index contributed by atoms with van der Waals surface area (Å²) in [6, 6.07) is 3.43. The van der Waals surface area contributed by atoms with Crippen molar-refractivity contribution in [3.8, 4) is 0 Å². The molecular weight excluding hydrogens is 236 g/mol. The van der Waals surface area contributed by atoms with Gasteiger partial charge in [0.05, 0.1) is 0 Å². The van der Waals surface area contributed by atoms with Gasteiger partial charge in [0.25, 0.3) is 0 Å². The molecule has 0 unspecified atom stereocenters. The third-order valence-electron chi connectivity index (χ3n) is 3.38. The number of nitrogens with one attached hydrogen (secondary N) is 1. The zero-order chi connectivity index (χ0) is 13.0. The second-order valence-corrected chi connectivity index (χ2v) is 4.77. The van der Waals surface area contributed by atoms with Crippen LogP contribution >= 0.6 is 0 Å². The molecule has 18 heavy (non-hydrogen) atoms. The molecule has 0 bridgehead atoms. The minimum absolute atomic E-state index is 0.115. The summed E-state index contributed by atoms with van der Waals surface area (Å²) < 4.78 is 25.9. The summed E-state index contributed by atoms with van der Waals surface area (Å²) in [5.41, 5.74) is 0.551. The molecule has 0 saturated carbocycles. The fraction of sp³-hybridized carbons (Fsp3) is 0.500. The number of halogens is 2. The molecule has 1 fully saturated rings. The van der Waals surface area contributed by atoms with Crippen molar-refractivity contribution in [1.29, 1.82) is 0 Å². The fourth-order valence-electron chi connectivity index (χ4n) is 2.37. The second kappa shape index (κ2) is 6.05. The summed E-state index contributed by atoms with van der Waals surface area (Å²) in [5.74, 6) is -0.843. The van der Waals surface area contributed by atoms with E-state index < -0.39 is 11.6 Å². The van der Waals surface area contributed by atoms with Crippen molar-refractivity contribution in [2.45, 2.75) is 25.7 Å². The highest BCUT2D eigenvalue weighted by Gasteiger charge is 2.20. The molecule has 0 aliphatic carbocycles. The Morgan fingerprint density at radius 3 is 2.39 bits per heavy atom. The lowest BCUT2D eigenvalue weighted by atomic mass is 9.90. The van der Waals surface area contributed by atoms with Crippen molar-refractivity contribution in [2.24, 2.45) is 5.92 Å². The Kier molecular flexibility index (Phi) is 4.42. The summed E-state index contributed by atoms with van der Waals surface area (Å²) in [6.45, 7) is 1.76. The summed E-state index contributed by atoms with van der Waals surface area (Å²) >= 11 is 0. The van der Waals surface area contributed by atoms with Crippen LogP contribution in [0.15, 0.2) is 18.2 Å². The molecule has 2 rings (SSSR count). The lowest BCUT2D eigenvalue weighted by Crippen LogP contribution is -2.31. The molecule has 0 spiro atoms. The minimum atomic E-state index is -0.584. The molecule has 1 N–H and O–H groups in total. The van der Waals surface area contributed by atoms with Crippen LogP contribution in [0.1, 0.15) is 24.8 Å². The van der Waals surface area contributed by atoms with E-state index in [1.165, 1.54) is 12.1 Å². The zero-order valence-electron chi connectivity index (χ0n) is 10.2. The smallest absolute Gasteiger partial charge is 0.136 e. The number of ketones is 1.